The van der Waals surface area contributed by atoms with Crippen LogP contribution >= 0.6 is 11.3 Å². The molecule has 1 N–H and O–H groups in total. The molecule has 2 aromatic carbocycles. The number of anilines is 1. The Kier molecular flexibility index (Phi) is 6.63. The Hall–Kier alpha value is -4.08. The van der Waals surface area contributed by atoms with Crippen LogP contribution in [0, 0.1) is 40.2 Å². The van der Waals surface area contributed by atoms with Gasteiger partial charge >= 0.3 is 0 Å². The predicted octanol–water partition coefficient (Wildman–Crippen LogP) is 5.35. The second-order valence-corrected chi connectivity index (χ2v) is 9.76. The van der Waals surface area contributed by atoms with Gasteiger partial charge in [0.15, 0.2) is 0 Å². The van der Waals surface area contributed by atoms with Gasteiger partial charge < -0.3 is 10.2 Å². The van der Waals surface area contributed by atoms with Crippen LogP contribution in [0.5, 0.6) is 0 Å². The van der Waals surface area contributed by atoms with Crippen molar-refractivity contribution >= 4 is 28.8 Å². The summed E-state index contributed by atoms with van der Waals surface area (Å²) in [5, 5.41) is 21.1. The first-order valence-corrected chi connectivity index (χ1v) is 11.6. The van der Waals surface area contributed by atoms with E-state index in [1.807, 2.05) is 19.9 Å². The summed E-state index contributed by atoms with van der Waals surface area (Å²) in [5.41, 5.74) is 0.513. The Morgan fingerprint density at radius 1 is 1.09 bits per heavy atom. The van der Waals surface area contributed by atoms with Crippen LogP contribution < -0.4 is 5.32 Å². The molecular weight excluding hydrogens is 470 g/mol. The summed E-state index contributed by atoms with van der Waals surface area (Å²) >= 11 is 1.16. The van der Waals surface area contributed by atoms with Crippen LogP contribution in [-0.4, -0.2) is 23.3 Å². The number of nitrogens with zero attached hydrogens (tertiary/aromatic N) is 3. The first-order chi connectivity index (χ1) is 16.7. The minimum absolute atomic E-state index is 0.0282. The highest BCUT2D eigenvalue weighted by Gasteiger charge is 2.45. The van der Waals surface area contributed by atoms with Crippen LogP contribution in [0.15, 0.2) is 48.5 Å². The van der Waals surface area contributed by atoms with Crippen molar-refractivity contribution in [3.8, 4) is 12.1 Å². The second-order valence-electron chi connectivity index (χ2n) is 8.65. The molecule has 0 saturated carbocycles. The SMILES string of the molecule is CC(C)CN1C(=O)c2ccc(F)cc2[C@H](C(=O)Nc2cc(F)cc(C#N)c2)[C@H]1c1ccc(C#N)s1. The zero-order valence-corrected chi connectivity index (χ0v) is 19.7. The predicted molar refractivity (Wildman–Crippen MR) is 127 cm³/mol. The molecule has 0 bridgehead atoms. The van der Waals surface area contributed by atoms with Crippen molar-refractivity contribution in [3.63, 3.8) is 0 Å². The van der Waals surface area contributed by atoms with Gasteiger partial charge in [-0.15, -0.1) is 11.3 Å². The highest BCUT2D eigenvalue weighted by Crippen LogP contribution is 2.45. The smallest absolute Gasteiger partial charge is 0.254 e. The van der Waals surface area contributed by atoms with E-state index >= 15 is 0 Å². The van der Waals surface area contributed by atoms with Crippen LogP contribution in [0.4, 0.5) is 14.5 Å². The molecule has 4 rings (SSSR count). The summed E-state index contributed by atoms with van der Waals surface area (Å²) in [6.45, 7) is 4.19. The maximum Gasteiger partial charge on any atom is 0.254 e. The minimum Gasteiger partial charge on any atom is -0.329 e. The number of carbonyl (C=O) groups excluding carboxylic acids is 2. The van der Waals surface area contributed by atoms with E-state index in [1.54, 1.807) is 17.0 Å². The zero-order valence-electron chi connectivity index (χ0n) is 18.9. The maximum absolute atomic E-state index is 14.3. The van der Waals surface area contributed by atoms with Gasteiger partial charge in [0.05, 0.1) is 23.6 Å². The number of nitriles is 2. The third kappa shape index (κ3) is 4.77. The summed E-state index contributed by atoms with van der Waals surface area (Å²) in [6.07, 6.45) is 0. The molecular formula is C26H20F2N4O2S. The van der Waals surface area contributed by atoms with Gasteiger partial charge in [0, 0.05) is 22.7 Å². The number of amides is 2. The largest absolute Gasteiger partial charge is 0.329 e. The number of hydrogen-bond donors (Lipinski definition) is 1. The van der Waals surface area contributed by atoms with Crippen LogP contribution in [0.25, 0.3) is 0 Å². The van der Waals surface area contributed by atoms with E-state index in [1.165, 1.54) is 24.3 Å². The molecule has 1 aliphatic heterocycles. The van der Waals surface area contributed by atoms with Crippen molar-refractivity contribution < 1.29 is 18.4 Å². The van der Waals surface area contributed by atoms with E-state index < -0.39 is 29.5 Å². The van der Waals surface area contributed by atoms with Crippen molar-refractivity contribution in [3.05, 3.63) is 86.6 Å². The van der Waals surface area contributed by atoms with Crippen molar-refractivity contribution in [2.24, 2.45) is 5.92 Å². The number of halogens is 2. The molecule has 1 aromatic heterocycles. The Labute approximate surface area is 205 Å². The molecule has 6 nitrogen and oxygen atoms in total. The highest BCUT2D eigenvalue weighted by atomic mass is 32.1. The van der Waals surface area contributed by atoms with Crippen LogP contribution in [0.3, 0.4) is 0 Å². The average molecular weight is 491 g/mol. The topological polar surface area (TPSA) is 97.0 Å². The molecule has 0 spiro atoms. The lowest BCUT2D eigenvalue weighted by molar-refractivity contribution is -0.119. The fourth-order valence-electron chi connectivity index (χ4n) is 4.33. The minimum atomic E-state index is -1.05. The Bertz CT molecular complexity index is 1400. The molecule has 1 aliphatic rings. The lowest BCUT2D eigenvalue weighted by Crippen LogP contribution is -2.47. The van der Waals surface area contributed by atoms with Gasteiger partial charge in [0.25, 0.3) is 5.91 Å². The molecule has 0 aliphatic carbocycles. The van der Waals surface area contributed by atoms with E-state index in [4.69, 9.17) is 5.26 Å². The summed E-state index contributed by atoms with van der Waals surface area (Å²) in [6, 6.07) is 13.6. The first kappa shape index (κ1) is 24.1. The first-order valence-electron chi connectivity index (χ1n) is 10.8. The Balaban J connectivity index is 1.88. The fourth-order valence-corrected chi connectivity index (χ4v) is 5.28. The molecule has 176 valence electrons. The molecule has 0 fully saturated rings. The molecule has 9 heteroatoms. The van der Waals surface area contributed by atoms with Crippen molar-refractivity contribution in [1.82, 2.24) is 4.90 Å². The zero-order chi connectivity index (χ0) is 25.3. The van der Waals surface area contributed by atoms with Gasteiger partial charge in [-0.2, -0.15) is 10.5 Å². The summed E-state index contributed by atoms with van der Waals surface area (Å²) in [4.78, 5) is 29.8. The number of thiophene rings is 1. The van der Waals surface area contributed by atoms with E-state index in [0.717, 1.165) is 23.5 Å². The van der Waals surface area contributed by atoms with Crippen LogP contribution in [0.2, 0.25) is 0 Å². The normalized spacial score (nSPS) is 17.0. The van der Waals surface area contributed by atoms with Crippen LogP contribution in [0.1, 0.15) is 57.0 Å². The molecule has 3 aromatic rings. The molecule has 0 radical (unpaired) electrons. The Morgan fingerprint density at radius 3 is 2.51 bits per heavy atom. The molecule has 2 heterocycles. The quantitative estimate of drug-likeness (QED) is 0.522. The third-order valence-corrected chi connectivity index (χ3v) is 6.72. The molecule has 2 amide bonds. The van der Waals surface area contributed by atoms with Crippen LogP contribution in [-0.2, 0) is 4.79 Å². The van der Waals surface area contributed by atoms with Gasteiger partial charge in [-0.1, -0.05) is 13.8 Å². The van der Waals surface area contributed by atoms with E-state index in [2.05, 4.69) is 11.4 Å². The maximum atomic E-state index is 14.3. The number of benzene rings is 2. The van der Waals surface area contributed by atoms with Gasteiger partial charge in [0.2, 0.25) is 5.91 Å². The number of carbonyl (C=O) groups is 2. The third-order valence-electron chi connectivity index (χ3n) is 5.66. The average Bonchev–Trinajstić information content (AvgIpc) is 3.28. The molecule has 2 atom stereocenters. The summed E-state index contributed by atoms with van der Waals surface area (Å²) < 4.78 is 28.4. The van der Waals surface area contributed by atoms with E-state index in [-0.39, 0.29) is 34.2 Å². The molecule has 0 unspecified atom stereocenters. The van der Waals surface area contributed by atoms with Gasteiger partial charge in [0.1, 0.15) is 22.6 Å². The Morgan fingerprint density at radius 2 is 1.86 bits per heavy atom. The number of hydrogen-bond acceptors (Lipinski definition) is 5. The second kappa shape index (κ2) is 9.65. The molecule has 0 saturated heterocycles. The van der Waals surface area contributed by atoms with Crippen molar-refractivity contribution in [2.45, 2.75) is 25.8 Å². The van der Waals surface area contributed by atoms with Crippen molar-refractivity contribution in [2.75, 3.05) is 11.9 Å². The summed E-state index contributed by atoms with van der Waals surface area (Å²) in [5.74, 6) is -3.22. The fraction of sp³-hybridized carbons (Fsp3) is 0.231. The monoisotopic (exact) mass is 490 g/mol. The number of nitrogens with one attached hydrogen (secondary N) is 1. The lowest BCUT2D eigenvalue weighted by atomic mass is 9.81. The molecule has 35 heavy (non-hydrogen) atoms. The van der Waals surface area contributed by atoms with Crippen molar-refractivity contribution in [1.29, 1.82) is 10.5 Å². The highest BCUT2D eigenvalue weighted by molar-refractivity contribution is 7.12. The van der Waals surface area contributed by atoms with E-state index in [0.29, 0.717) is 16.3 Å². The van der Waals surface area contributed by atoms with E-state index in [9.17, 15) is 23.6 Å². The standard InChI is InChI=1S/C26H20F2N4O2S/c1-14(2)13-32-24(22-6-4-19(12-30)35-22)23(21-10-16(27)3-5-20(21)26(32)34)25(33)31-18-8-15(11-29)7-17(28)9-18/h3-10,14,23-24H,13H2,1-2H3,(H,31,33)/t23-,24+/m0/s1. The number of fused-ring (bicyclic) bond motifs is 1. The lowest BCUT2D eigenvalue weighted by Gasteiger charge is -2.42. The number of rotatable bonds is 5. The van der Waals surface area contributed by atoms with Gasteiger partial charge in [-0.05, 0) is 60.0 Å². The summed E-state index contributed by atoms with van der Waals surface area (Å²) in [7, 11) is 0. The van der Waals surface area contributed by atoms with Gasteiger partial charge in [-0.3, -0.25) is 9.59 Å². The van der Waals surface area contributed by atoms with Gasteiger partial charge in [-0.25, -0.2) is 8.78 Å².